The van der Waals surface area contributed by atoms with E-state index in [-0.39, 0.29) is 19.6 Å². The SMILES string of the molecule is COc1cccc(N2C(=O)CN(S(C)(=O)=O)C[C@@]2(C)C(=O)NCc2ccc(C)cc2)c1. The van der Waals surface area contributed by atoms with Gasteiger partial charge in [-0.15, -0.1) is 0 Å². The molecule has 0 bridgehead atoms. The first kappa shape index (κ1) is 22.8. The van der Waals surface area contributed by atoms with Crippen molar-refractivity contribution in [1.82, 2.24) is 9.62 Å². The third-order valence-electron chi connectivity index (χ3n) is 5.38. The van der Waals surface area contributed by atoms with Gasteiger partial charge in [-0.2, -0.15) is 4.31 Å². The van der Waals surface area contributed by atoms with Gasteiger partial charge in [0, 0.05) is 24.8 Å². The van der Waals surface area contributed by atoms with Crippen LogP contribution in [0.2, 0.25) is 0 Å². The molecule has 1 aliphatic rings. The van der Waals surface area contributed by atoms with Gasteiger partial charge in [0.15, 0.2) is 0 Å². The van der Waals surface area contributed by atoms with Gasteiger partial charge in [0.1, 0.15) is 11.3 Å². The fraction of sp³-hybridized carbons (Fsp3) is 0.364. The molecular weight excluding hydrogens is 418 g/mol. The number of aryl methyl sites for hydroxylation is 1. The number of carbonyl (C=O) groups is 2. The summed E-state index contributed by atoms with van der Waals surface area (Å²) in [6.45, 7) is 3.31. The predicted octanol–water partition coefficient (Wildman–Crippen LogP) is 1.69. The van der Waals surface area contributed by atoms with E-state index in [1.165, 1.54) is 12.0 Å². The molecule has 1 aliphatic heterocycles. The average Bonchev–Trinajstić information content (AvgIpc) is 2.72. The van der Waals surface area contributed by atoms with Crippen molar-refractivity contribution in [1.29, 1.82) is 0 Å². The number of hydrogen-bond acceptors (Lipinski definition) is 5. The zero-order chi connectivity index (χ0) is 22.8. The van der Waals surface area contributed by atoms with Crippen LogP contribution in [-0.2, 0) is 26.2 Å². The molecule has 1 atom stereocenters. The van der Waals surface area contributed by atoms with Crippen LogP contribution in [0.3, 0.4) is 0 Å². The molecule has 1 N–H and O–H groups in total. The van der Waals surface area contributed by atoms with E-state index >= 15 is 0 Å². The number of anilines is 1. The van der Waals surface area contributed by atoms with E-state index < -0.39 is 27.4 Å². The first-order chi connectivity index (χ1) is 14.5. The second-order valence-electron chi connectivity index (χ2n) is 7.90. The molecule has 3 rings (SSSR count). The fourth-order valence-corrected chi connectivity index (χ4v) is 4.46. The lowest BCUT2D eigenvalue weighted by Gasteiger charge is -2.46. The Morgan fingerprint density at radius 2 is 1.87 bits per heavy atom. The molecule has 0 spiro atoms. The van der Waals surface area contributed by atoms with Gasteiger partial charge < -0.3 is 10.1 Å². The minimum atomic E-state index is -3.67. The van der Waals surface area contributed by atoms with Crippen molar-refractivity contribution in [3.8, 4) is 5.75 Å². The Balaban J connectivity index is 1.96. The van der Waals surface area contributed by atoms with Crippen LogP contribution in [-0.4, -0.2) is 56.5 Å². The van der Waals surface area contributed by atoms with E-state index in [0.717, 1.165) is 21.7 Å². The van der Waals surface area contributed by atoms with E-state index in [4.69, 9.17) is 4.74 Å². The van der Waals surface area contributed by atoms with E-state index in [0.29, 0.717) is 11.4 Å². The van der Waals surface area contributed by atoms with Crippen LogP contribution in [0.5, 0.6) is 5.75 Å². The highest BCUT2D eigenvalue weighted by Crippen LogP contribution is 2.32. The van der Waals surface area contributed by atoms with E-state index in [1.54, 1.807) is 31.2 Å². The van der Waals surface area contributed by atoms with Gasteiger partial charge in [0.05, 0.1) is 19.9 Å². The Bertz CT molecular complexity index is 1080. The summed E-state index contributed by atoms with van der Waals surface area (Å²) < 4.78 is 30.7. The van der Waals surface area contributed by atoms with Crippen LogP contribution >= 0.6 is 0 Å². The largest absolute Gasteiger partial charge is 0.497 e. The topological polar surface area (TPSA) is 96.0 Å². The minimum Gasteiger partial charge on any atom is -0.497 e. The molecule has 0 saturated carbocycles. The Morgan fingerprint density at radius 1 is 1.19 bits per heavy atom. The third kappa shape index (κ3) is 4.88. The smallest absolute Gasteiger partial charge is 0.247 e. The molecule has 2 aromatic rings. The van der Waals surface area contributed by atoms with Crippen LogP contribution < -0.4 is 15.0 Å². The summed E-state index contributed by atoms with van der Waals surface area (Å²) in [5.74, 6) is -0.409. The monoisotopic (exact) mass is 445 g/mol. The lowest BCUT2D eigenvalue weighted by atomic mass is 9.94. The number of sulfonamides is 1. The van der Waals surface area contributed by atoms with Gasteiger partial charge in [-0.1, -0.05) is 35.9 Å². The number of piperazine rings is 1. The molecule has 1 heterocycles. The zero-order valence-corrected chi connectivity index (χ0v) is 18.9. The summed E-state index contributed by atoms with van der Waals surface area (Å²) in [5.41, 5.74) is 1.02. The molecular formula is C22H27N3O5S. The maximum absolute atomic E-state index is 13.4. The lowest BCUT2D eigenvalue weighted by molar-refractivity contribution is -0.133. The summed E-state index contributed by atoms with van der Waals surface area (Å²) in [7, 11) is -2.16. The van der Waals surface area contributed by atoms with E-state index in [1.807, 2.05) is 31.2 Å². The van der Waals surface area contributed by atoms with Gasteiger partial charge in [-0.05, 0) is 31.5 Å². The highest BCUT2D eigenvalue weighted by Gasteiger charge is 2.50. The van der Waals surface area contributed by atoms with Gasteiger partial charge >= 0.3 is 0 Å². The summed E-state index contributed by atoms with van der Waals surface area (Å²) in [6.07, 6.45) is 1.03. The molecule has 8 nitrogen and oxygen atoms in total. The summed E-state index contributed by atoms with van der Waals surface area (Å²) in [4.78, 5) is 27.8. The quantitative estimate of drug-likeness (QED) is 0.730. The van der Waals surface area contributed by atoms with Crippen LogP contribution in [0.25, 0.3) is 0 Å². The second kappa shape index (κ2) is 8.68. The fourth-order valence-electron chi connectivity index (χ4n) is 3.63. The Kier molecular flexibility index (Phi) is 6.38. The Labute approximate surface area is 182 Å². The van der Waals surface area contributed by atoms with Crippen LogP contribution in [0.1, 0.15) is 18.1 Å². The molecule has 2 amide bonds. The number of ether oxygens (including phenoxy) is 1. The van der Waals surface area contributed by atoms with Crippen molar-refractivity contribution in [2.24, 2.45) is 0 Å². The van der Waals surface area contributed by atoms with Crippen molar-refractivity contribution < 1.29 is 22.7 Å². The number of carbonyl (C=O) groups excluding carboxylic acids is 2. The Hall–Kier alpha value is -2.91. The van der Waals surface area contributed by atoms with Crippen molar-refractivity contribution in [3.63, 3.8) is 0 Å². The maximum Gasteiger partial charge on any atom is 0.247 e. The van der Waals surface area contributed by atoms with Gasteiger partial charge in [-0.25, -0.2) is 8.42 Å². The number of hydrogen-bond donors (Lipinski definition) is 1. The van der Waals surface area contributed by atoms with Crippen LogP contribution in [0.4, 0.5) is 5.69 Å². The zero-order valence-electron chi connectivity index (χ0n) is 18.1. The molecule has 1 fully saturated rings. The second-order valence-corrected chi connectivity index (χ2v) is 9.89. The molecule has 31 heavy (non-hydrogen) atoms. The molecule has 0 radical (unpaired) electrons. The first-order valence-corrected chi connectivity index (χ1v) is 11.7. The molecule has 166 valence electrons. The Morgan fingerprint density at radius 3 is 2.48 bits per heavy atom. The molecule has 0 unspecified atom stereocenters. The van der Waals surface area contributed by atoms with Gasteiger partial charge in [-0.3, -0.25) is 14.5 Å². The molecule has 1 saturated heterocycles. The minimum absolute atomic E-state index is 0.158. The molecule has 0 aromatic heterocycles. The van der Waals surface area contributed by atoms with Crippen molar-refractivity contribution in [2.75, 3.05) is 31.4 Å². The summed E-state index contributed by atoms with van der Waals surface area (Å²) in [6, 6.07) is 14.5. The van der Waals surface area contributed by atoms with E-state index in [9.17, 15) is 18.0 Å². The van der Waals surface area contributed by atoms with Gasteiger partial charge in [0.25, 0.3) is 0 Å². The lowest BCUT2D eigenvalue weighted by Crippen LogP contribution is -2.70. The van der Waals surface area contributed by atoms with Crippen LogP contribution in [0, 0.1) is 6.92 Å². The average molecular weight is 446 g/mol. The van der Waals surface area contributed by atoms with Crippen LogP contribution in [0.15, 0.2) is 48.5 Å². The molecule has 0 aliphatic carbocycles. The third-order valence-corrected chi connectivity index (χ3v) is 6.58. The highest BCUT2D eigenvalue weighted by molar-refractivity contribution is 7.88. The highest BCUT2D eigenvalue weighted by atomic mass is 32.2. The summed E-state index contributed by atoms with van der Waals surface area (Å²) in [5, 5.41) is 2.86. The predicted molar refractivity (Wildman–Crippen MR) is 118 cm³/mol. The number of nitrogens with zero attached hydrogens (tertiary/aromatic N) is 2. The number of amides is 2. The van der Waals surface area contributed by atoms with Crippen molar-refractivity contribution >= 4 is 27.5 Å². The standard InChI is InChI=1S/C22H27N3O5S/c1-16-8-10-17(11-9-16)13-23-21(27)22(2)15-24(31(4,28)29)14-20(26)25(22)18-6-5-7-19(12-18)30-3/h5-12H,13-15H2,1-4H3,(H,23,27)/t22-/m0/s1. The van der Waals surface area contributed by atoms with Crippen molar-refractivity contribution in [3.05, 3.63) is 59.7 Å². The molecule has 9 heteroatoms. The number of methoxy groups -OCH3 is 1. The van der Waals surface area contributed by atoms with Crippen molar-refractivity contribution in [2.45, 2.75) is 25.9 Å². The molecule has 2 aromatic carbocycles. The normalized spacial score (nSPS) is 19.9. The number of nitrogens with one attached hydrogen (secondary N) is 1. The maximum atomic E-state index is 13.4. The van der Waals surface area contributed by atoms with Gasteiger partial charge in [0.2, 0.25) is 21.8 Å². The number of benzene rings is 2. The number of rotatable bonds is 6. The first-order valence-electron chi connectivity index (χ1n) is 9.81. The van der Waals surface area contributed by atoms with E-state index in [2.05, 4.69) is 5.32 Å². The summed E-state index contributed by atoms with van der Waals surface area (Å²) >= 11 is 0.